The maximum Gasteiger partial charge on any atom is 0.182 e. The molecule has 0 saturated heterocycles. The molecule has 3 nitrogen and oxygen atoms in total. The fourth-order valence-corrected chi connectivity index (χ4v) is 3.17. The summed E-state index contributed by atoms with van der Waals surface area (Å²) in [5.74, 6) is 0.182. The summed E-state index contributed by atoms with van der Waals surface area (Å²) >= 11 is 0. The number of benzene rings is 1. The lowest BCUT2D eigenvalue weighted by atomic mass is 9.97. The van der Waals surface area contributed by atoms with Crippen LogP contribution in [-0.2, 0) is 19.4 Å². The van der Waals surface area contributed by atoms with Crippen LogP contribution in [0.15, 0.2) is 18.5 Å². The molecule has 0 amide bonds. The van der Waals surface area contributed by atoms with Crippen molar-refractivity contribution in [1.29, 1.82) is 0 Å². The van der Waals surface area contributed by atoms with Crippen molar-refractivity contribution in [1.82, 2.24) is 9.55 Å². The molecule has 0 atom stereocenters. The molecule has 0 spiro atoms. The van der Waals surface area contributed by atoms with Crippen LogP contribution in [0.1, 0.15) is 51.3 Å². The lowest BCUT2D eigenvalue weighted by molar-refractivity contribution is 0.0970. The van der Waals surface area contributed by atoms with Crippen LogP contribution in [0.25, 0.3) is 0 Å². The van der Waals surface area contributed by atoms with Gasteiger partial charge in [-0.25, -0.2) is 4.98 Å². The zero-order valence-corrected chi connectivity index (χ0v) is 13.1. The van der Waals surface area contributed by atoms with Gasteiger partial charge in [-0.15, -0.1) is 0 Å². The number of carbonyl (C=O) groups excluding carboxylic acids is 1. The number of rotatable bonds is 3. The number of carbonyl (C=O) groups is 1. The molecular formula is C18H22N2O. The first-order valence-electron chi connectivity index (χ1n) is 7.70. The topological polar surface area (TPSA) is 34.9 Å². The van der Waals surface area contributed by atoms with E-state index < -0.39 is 0 Å². The van der Waals surface area contributed by atoms with Gasteiger partial charge < -0.3 is 4.57 Å². The predicted octanol–water partition coefficient (Wildman–Crippen LogP) is 3.57. The van der Waals surface area contributed by atoms with E-state index in [0.29, 0.717) is 6.54 Å². The molecular weight excluding hydrogens is 260 g/mol. The first kappa shape index (κ1) is 14.1. The standard InChI is InChI=1S/C18H22N2O/c1-12-8-14(3)15(9-13(12)2)18(21)10-20-11-19-16-6-4-5-7-17(16)20/h8-9,11H,4-7,10H2,1-3H3. The molecule has 3 rings (SSSR count). The van der Waals surface area contributed by atoms with Crippen molar-refractivity contribution in [2.75, 3.05) is 0 Å². The number of imidazole rings is 1. The Morgan fingerprint density at radius 1 is 1.10 bits per heavy atom. The number of nitrogens with zero attached hydrogens (tertiary/aromatic N) is 2. The molecule has 2 aromatic rings. The van der Waals surface area contributed by atoms with Crippen molar-refractivity contribution in [3.63, 3.8) is 0 Å². The SMILES string of the molecule is Cc1cc(C)c(C(=O)Cn2cnc3c2CCCC3)cc1C. The molecule has 1 aromatic heterocycles. The fourth-order valence-electron chi connectivity index (χ4n) is 3.17. The van der Waals surface area contributed by atoms with Gasteiger partial charge in [-0.3, -0.25) is 4.79 Å². The van der Waals surface area contributed by atoms with Gasteiger partial charge >= 0.3 is 0 Å². The molecule has 0 unspecified atom stereocenters. The molecule has 3 heteroatoms. The van der Waals surface area contributed by atoms with Crippen LogP contribution in [0.3, 0.4) is 0 Å². The smallest absolute Gasteiger partial charge is 0.182 e. The number of hydrogen-bond donors (Lipinski definition) is 0. The van der Waals surface area contributed by atoms with Gasteiger partial charge in [0.1, 0.15) is 0 Å². The minimum atomic E-state index is 0.182. The lowest BCUT2D eigenvalue weighted by Crippen LogP contribution is -2.15. The van der Waals surface area contributed by atoms with Crippen molar-refractivity contribution in [3.8, 4) is 0 Å². The molecule has 0 N–H and O–H groups in total. The monoisotopic (exact) mass is 282 g/mol. The second-order valence-electron chi connectivity index (χ2n) is 6.15. The van der Waals surface area contributed by atoms with E-state index in [9.17, 15) is 4.79 Å². The molecule has 0 radical (unpaired) electrons. The number of hydrogen-bond acceptors (Lipinski definition) is 2. The Kier molecular flexibility index (Phi) is 3.66. The van der Waals surface area contributed by atoms with E-state index >= 15 is 0 Å². The summed E-state index contributed by atoms with van der Waals surface area (Å²) in [4.78, 5) is 17.1. The van der Waals surface area contributed by atoms with Crippen LogP contribution >= 0.6 is 0 Å². The minimum absolute atomic E-state index is 0.182. The van der Waals surface area contributed by atoms with Gasteiger partial charge in [-0.2, -0.15) is 0 Å². The highest BCUT2D eigenvalue weighted by Crippen LogP contribution is 2.21. The van der Waals surface area contributed by atoms with Gasteiger partial charge in [0, 0.05) is 11.3 Å². The Morgan fingerprint density at radius 3 is 2.62 bits per heavy atom. The second kappa shape index (κ2) is 5.47. The first-order valence-corrected chi connectivity index (χ1v) is 7.70. The normalized spacial score (nSPS) is 14.0. The van der Waals surface area contributed by atoms with Gasteiger partial charge in [-0.05, 0) is 69.2 Å². The van der Waals surface area contributed by atoms with Crippen molar-refractivity contribution in [3.05, 3.63) is 52.1 Å². The zero-order chi connectivity index (χ0) is 15.0. The lowest BCUT2D eigenvalue weighted by Gasteiger charge is -2.14. The highest BCUT2D eigenvalue weighted by Gasteiger charge is 2.18. The van der Waals surface area contributed by atoms with Gasteiger partial charge in [0.15, 0.2) is 5.78 Å². The van der Waals surface area contributed by atoms with Crippen molar-refractivity contribution in [2.45, 2.75) is 53.0 Å². The summed E-state index contributed by atoms with van der Waals surface area (Å²) in [5, 5.41) is 0. The van der Waals surface area contributed by atoms with E-state index in [2.05, 4.69) is 24.9 Å². The molecule has 0 fully saturated rings. The minimum Gasteiger partial charge on any atom is -0.327 e. The number of ketones is 1. The van der Waals surface area contributed by atoms with Crippen LogP contribution in [0.5, 0.6) is 0 Å². The van der Waals surface area contributed by atoms with E-state index in [1.807, 2.05) is 23.9 Å². The number of Topliss-reactive ketones (excluding diaryl/α,β-unsaturated/α-hetero) is 1. The third-order valence-electron chi connectivity index (χ3n) is 4.56. The molecule has 1 aliphatic carbocycles. The third-order valence-corrected chi connectivity index (χ3v) is 4.56. The van der Waals surface area contributed by atoms with E-state index in [4.69, 9.17) is 0 Å². The predicted molar refractivity (Wildman–Crippen MR) is 83.9 cm³/mol. The molecule has 0 saturated carbocycles. The van der Waals surface area contributed by atoms with Gasteiger partial charge in [0.05, 0.1) is 18.6 Å². The van der Waals surface area contributed by atoms with E-state index in [0.717, 1.165) is 24.0 Å². The van der Waals surface area contributed by atoms with Crippen molar-refractivity contribution >= 4 is 5.78 Å². The quantitative estimate of drug-likeness (QED) is 0.807. The molecule has 0 aliphatic heterocycles. The molecule has 0 bridgehead atoms. The zero-order valence-electron chi connectivity index (χ0n) is 13.1. The van der Waals surface area contributed by atoms with Crippen LogP contribution < -0.4 is 0 Å². The second-order valence-corrected chi connectivity index (χ2v) is 6.15. The summed E-state index contributed by atoms with van der Waals surface area (Å²) < 4.78 is 2.05. The average Bonchev–Trinajstić information content (AvgIpc) is 2.86. The molecule has 21 heavy (non-hydrogen) atoms. The van der Waals surface area contributed by atoms with E-state index in [-0.39, 0.29) is 5.78 Å². The van der Waals surface area contributed by atoms with E-state index in [1.54, 1.807) is 0 Å². The summed E-state index contributed by atoms with van der Waals surface area (Å²) in [6.07, 6.45) is 6.36. The van der Waals surface area contributed by atoms with Crippen LogP contribution in [0.2, 0.25) is 0 Å². The Balaban J connectivity index is 1.87. The van der Waals surface area contributed by atoms with E-state index in [1.165, 1.54) is 35.4 Å². The summed E-state index contributed by atoms with van der Waals surface area (Å²) in [5.41, 5.74) is 6.77. The maximum atomic E-state index is 12.6. The highest BCUT2D eigenvalue weighted by molar-refractivity contribution is 5.97. The van der Waals surface area contributed by atoms with Crippen molar-refractivity contribution < 1.29 is 4.79 Å². The Labute approximate surface area is 126 Å². The fraction of sp³-hybridized carbons (Fsp3) is 0.444. The highest BCUT2D eigenvalue weighted by atomic mass is 16.1. The largest absolute Gasteiger partial charge is 0.327 e. The molecule has 1 aliphatic rings. The number of aryl methyl sites for hydroxylation is 4. The van der Waals surface area contributed by atoms with Gasteiger partial charge in [0.25, 0.3) is 0 Å². The summed E-state index contributed by atoms with van der Waals surface area (Å²) in [6, 6.07) is 4.13. The van der Waals surface area contributed by atoms with Crippen LogP contribution in [0, 0.1) is 20.8 Å². The summed E-state index contributed by atoms with van der Waals surface area (Å²) in [7, 11) is 0. The number of aromatic nitrogens is 2. The Hall–Kier alpha value is -1.90. The molecule has 1 heterocycles. The summed E-state index contributed by atoms with van der Waals surface area (Å²) in [6.45, 7) is 6.57. The van der Waals surface area contributed by atoms with Crippen LogP contribution in [0.4, 0.5) is 0 Å². The number of fused-ring (bicyclic) bond motifs is 1. The third kappa shape index (κ3) is 2.65. The van der Waals surface area contributed by atoms with Gasteiger partial charge in [-0.1, -0.05) is 6.07 Å². The Bertz CT molecular complexity index is 697. The van der Waals surface area contributed by atoms with Crippen LogP contribution in [-0.4, -0.2) is 15.3 Å². The molecule has 1 aromatic carbocycles. The molecule has 110 valence electrons. The average molecular weight is 282 g/mol. The van der Waals surface area contributed by atoms with Crippen molar-refractivity contribution in [2.24, 2.45) is 0 Å². The maximum absolute atomic E-state index is 12.6. The van der Waals surface area contributed by atoms with Gasteiger partial charge in [0.2, 0.25) is 0 Å². The Morgan fingerprint density at radius 2 is 1.81 bits per heavy atom. The first-order chi connectivity index (χ1) is 10.1.